The molecule has 0 saturated carbocycles. The molecule has 3 aromatic rings. The molecule has 1 unspecified atom stereocenters. The first-order chi connectivity index (χ1) is 16.9. The van der Waals surface area contributed by atoms with E-state index in [0.717, 1.165) is 22.5 Å². The van der Waals surface area contributed by atoms with Crippen LogP contribution in [0, 0.1) is 12.8 Å². The molecule has 0 saturated heterocycles. The van der Waals surface area contributed by atoms with E-state index in [9.17, 15) is 4.79 Å². The summed E-state index contributed by atoms with van der Waals surface area (Å²) in [5, 5.41) is 12.3. The van der Waals surface area contributed by atoms with Gasteiger partial charge < -0.3 is 20.5 Å². The fourth-order valence-corrected chi connectivity index (χ4v) is 4.20. The molecule has 9 nitrogen and oxygen atoms in total. The lowest BCUT2D eigenvalue weighted by Crippen LogP contribution is -2.35. The Kier molecular flexibility index (Phi) is 7.80. The molecule has 10 heteroatoms. The third-order valence-electron chi connectivity index (χ3n) is 5.90. The summed E-state index contributed by atoms with van der Waals surface area (Å²) >= 11 is 6.16. The number of aliphatic imine (C=N–C) groups is 1. The molecule has 35 heavy (non-hydrogen) atoms. The molecule has 1 aromatic heterocycles. The summed E-state index contributed by atoms with van der Waals surface area (Å²) in [6.07, 6.45) is 0. The second kappa shape index (κ2) is 11.0. The Labute approximate surface area is 209 Å². The molecule has 0 aliphatic carbocycles. The molecular weight excluding hydrogens is 468 g/mol. The van der Waals surface area contributed by atoms with Crippen LogP contribution in [0.15, 0.2) is 47.5 Å². The van der Waals surface area contributed by atoms with Gasteiger partial charge in [0.05, 0.1) is 37.6 Å². The molecule has 0 fully saturated rings. The third kappa shape index (κ3) is 5.22. The minimum atomic E-state index is -0.578. The van der Waals surface area contributed by atoms with Crippen molar-refractivity contribution >= 4 is 23.2 Å². The number of fused-ring (bicyclic) bond motifs is 3. The quantitative estimate of drug-likeness (QED) is 0.440. The van der Waals surface area contributed by atoms with Crippen LogP contribution < -0.4 is 15.8 Å². The van der Waals surface area contributed by atoms with Gasteiger partial charge in [0.1, 0.15) is 17.6 Å². The maximum atomic E-state index is 13.1. The maximum absolute atomic E-state index is 13.1. The number of hydrogen-bond acceptors (Lipinski definition) is 7. The molecule has 1 amide bonds. The van der Waals surface area contributed by atoms with E-state index in [0.29, 0.717) is 48.7 Å². The highest BCUT2D eigenvalue weighted by atomic mass is 35.5. The van der Waals surface area contributed by atoms with Crippen LogP contribution in [0.5, 0.6) is 5.75 Å². The van der Waals surface area contributed by atoms with Gasteiger partial charge in [0, 0.05) is 29.2 Å². The highest BCUT2D eigenvalue weighted by molar-refractivity contribution is 6.30. The minimum Gasteiger partial charge on any atom is -0.497 e. The van der Waals surface area contributed by atoms with Gasteiger partial charge in [-0.05, 0) is 37.3 Å². The number of benzene rings is 2. The molecule has 2 heterocycles. The number of rotatable bonds is 9. The largest absolute Gasteiger partial charge is 0.497 e. The van der Waals surface area contributed by atoms with Crippen LogP contribution in [0.25, 0.3) is 5.69 Å². The van der Waals surface area contributed by atoms with E-state index < -0.39 is 12.0 Å². The van der Waals surface area contributed by atoms with Crippen LogP contribution in [-0.2, 0) is 9.53 Å². The number of carbonyl (C=O) groups excluding carboxylic acids is 1. The molecule has 2 atom stereocenters. The van der Waals surface area contributed by atoms with Gasteiger partial charge in [-0.1, -0.05) is 30.7 Å². The van der Waals surface area contributed by atoms with E-state index in [1.165, 1.54) is 0 Å². The van der Waals surface area contributed by atoms with Crippen molar-refractivity contribution in [2.45, 2.75) is 19.9 Å². The molecule has 1 aliphatic rings. The first-order valence-electron chi connectivity index (χ1n) is 11.4. The topological polar surface area (TPSA) is 117 Å². The number of hydrogen-bond donors (Lipinski definition) is 2. The summed E-state index contributed by atoms with van der Waals surface area (Å²) < 4.78 is 12.8. The molecule has 2 aromatic carbocycles. The lowest BCUT2D eigenvalue weighted by atomic mass is 9.98. The zero-order valence-corrected chi connectivity index (χ0v) is 20.7. The number of ether oxygens (including phenoxy) is 2. The Morgan fingerprint density at radius 1 is 1.20 bits per heavy atom. The number of halogens is 1. The van der Waals surface area contributed by atoms with Crippen LogP contribution in [0.3, 0.4) is 0 Å². The highest BCUT2D eigenvalue weighted by Crippen LogP contribution is 2.36. The molecule has 0 spiro atoms. The second-order valence-corrected chi connectivity index (χ2v) is 8.67. The smallest absolute Gasteiger partial charge is 0.225 e. The van der Waals surface area contributed by atoms with E-state index in [1.807, 2.05) is 60.9 Å². The van der Waals surface area contributed by atoms with E-state index in [-0.39, 0.29) is 5.91 Å². The van der Waals surface area contributed by atoms with E-state index in [2.05, 4.69) is 15.5 Å². The van der Waals surface area contributed by atoms with Gasteiger partial charge in [0.15, 0.2) is 5.82 Å². The molecule has 3 N–H and O–H groups in total. The number of aromatic nitrogens is 3. The van der Waals surface area contributed by atoms with Crippen molar-refractivity contribution in [1.82, 2.24) is 20.1 Å². The number of aryl methyl sites for hydroxylation is 1. The van der Waals surface area contributed by atoms with Crippen LogP contribution >= 0.6 is 11.6 Å². The number of nitrogens with one attached hydrogen (secondary N) is 1. The summed E-state index contributed by atoms with van der Waals surface area (Å²) in [4.78, 5) is 18.2. The fraction of sp³-hybridized carbons (Fsp3) is 0.360. The van der Waals surface area contributed by atoms with Crippen LogP contribution in [-0.4, -0.2) is 59.8 Å². The van der Waals surface area contributed by atoms with E-state index in [4.69, 9.17) is 31.8 Å². The summed E-state index contributed by atoms with van der Waals surface area (Å²) in [5.41, 5.74) is 8.74. The van der Waals surface area contributed by atoms with E-state index >= 15 is 0 Å². The van der Waals surface area contributed by atoms with Gasteiger partial charge in [0.2, 0.25) is 5.91 Å². The Morgan fingerprint density at radius 3 is 2.69 bits per heavy atom. The second-order valence-electron chi connectivity index (χ2n) is 8.23. The predicted molar refractivity (Wildman–Crippen MR) is 135 cm³/mol. The van der Waals surface area contributed by atoms with Crippen LogP contribution in [0.1, 0.15) is 35.7 Å². The maximum Gasteiger partial charge on any atom is 0.225 e. The lowest BCUT2D eigenvalue weighted by molar-refractivity contribution is -0.125. The van der Waals surface area contributed by atoms with Crippen molar-refractivity contribution in [3.8, 4) is 11.4 Å². The number of nitrogens with zero attached hydrogens (tertiary/aromatic N) is 4. The van der Waals surface area contributed by atoms with Crippen molar-refractivity contribution in [2.75, 3.05) is 33.4 Å². The van der Waals surface area contributed by atoms with Gasteiger partial charge in [-0.25, -0.2) is 0 Å². The van der Waals surface area contributed by atoms with Crippen LogP contribution in [0.2, 0.25) is 5.02 Å². The molecule has 0 bridgehead atoms. The van der Waals surface area contributed by atoms with Gasteiger partial charge in [-0.3, -0.25) is 14.4 Å². The van der Waals surface area contributed by atoms with E-state index in [1.54, 1.807) is 7.11 Å². The number of carbonyl (C=O) groups is 1. The number of nitrogens with two attached hydrogens (primary N) is 1. The first kappa shape index (κ1) is 24.8. The fourth-order valence-electron chi connectivity index (χ4n) is 4.07. The Morgan fingerprint density at radius 2 is 1.97 bits per heavy atom. The average molecular weight is 497 g/mol. The highest BCUT2D eigenvalue weighted by Gasteiger charge is 2.34. The van der Waals surface area contributed by atoms with Gasteiger partial charge in [0.25, 0.3) is 0 Å². The number of methoxy groups -OCH3 is 1. The first-order valence-corrected chi connectivity index (χ1v) is 11.8. The summed E-state index contributed by atoms with van der Waals surface area (Å²) in [6.45, 7) is 5.39. The van der Waals surface area contributed by atoms with Crippen molar-refractivity contribution in [1.29, 1.82) is 0 Å². The van der Waals surface area contributed by atoms with Crippen LogP contribution in [0.4, 0.5) is 0 Å². The molecule has 0 radical (unpaired) electrons. The molecular formula is C25H29ClN6O3. The number of amides is 1. The third-order valence-corrected chi connectivity index (χ3v) is 6.15. The van der Waals surface area contributed by atoms with Crippen molar-refractivity contribution < 1.29 is 14.3 Å². The van der Waals surface area contributed by atoms with Gasteiger partial charge in [-0.2, -0.15) is 0 Å². The molecule has 184 valence electrons. The van der Waals surface area contributed by atoms with Crippen molar-refractivity contribution in [3.63, 3.8) is 0 Å². The van der Waals surface area contributed by atoms with Gasteiger partial charge >= 0.3 is 0 Å². The average Bonchev–Trinajstić information content (AvgIpc) is 3.18. The predicted octanol–water partition coefficient (Wildman–Crippen LogP) is 2.86. The van der Waals surface area contributed by atoms with Crippen molar-refractivity contribution in [2.24, 2.45) is 16.6 Å². The van der Waals surface area contributed by atoms with Crippen molar-refractivity contribution in [3.05, 3.63) is 70.3 Å². The standard InChI is InChI=1S/C25H29ClN6O3/c1-15(25(33)28-11-13-35-12-10-27)22-24-31-30-16(2)32(24)21-9-8-19(34-3)14-20(21)23(29-22)17-4-6-18(26)7-5-17/h4-9,14-15,22H,10-13,27H2,1-3H3,(H,28,33)/t15?,22-/m0/s1. The molecule has 4 rings (SSSR count). The Hall–Kier alpha value is -3.27. The summed E-state index contributed by atoms with van der Waals surface area (Å²) in [6, 6.07) is 12.7. The normalized spacial score (nSPS) is 15.5. The molecule has 1 aliphatic heterocycles. The summed E-state index contributed by atoms with van der Waals surface area (Å²) in [7, 11) is 1.62. The zero-order chi connectivity index (χ0) is 24.9. The Bertz CT molecular complexity index is 1220. The summed E-state index contributed by atoms with van der Waals surface area (Å²) in [5.74, 6) is 1.32. The Balaban J connectivity index is 1.79. The SMILES string of the molecule is COc1ccc2c(c1)C(c1ccc(Cl)cc1)=N[C@@H](C(C)C(=O)NCCOCCN)c1nnc(C)n1-2. The zero-order valence-electron chi connectivity index (χ0n) is 20.0. The minimum absolute atomic E-state index is 0.152. The monoisotopic (exact) mass is 496 g/mol. The lowest BCUT2D eigenvalue weighted by Gasteiger charge is -2.19. The van der Waals surface area contributed by atoms with Gasteiger partial charge in [-0.15, -0.1) is 10.2 Å².